The van der Waals surface area contributed by atoms with Crippen molar-refractivity contribution in [3.05, 3.63) is 42.1 Å². The summed E-state index contributed by atoms with van der Waals surface area (Å²) in [5, 5.41) is 4.64. The van der Waals surface area contributed by atoms with E-state index in [1.54, 1.807) is 0 Å². The minimum Gasteiger partial charge on any atom is -0.356 e. The number of para-hydroxylation sites is 1. The average Bonchev–Trinajstić information content (AvgIpc) is 2.56. The van der Waals surface area contributed by atoms with Crippen LogP contribution >= 0.6 is 24.0 Å². The number of halogens is 1. The second-order valence-electron chi connectivity index (χ2n) is 5.49. The van der Waals surface area contributed by atoms with Gasteiger partial charge >= 0.3 is 0 Å². The molecule has 4 nitrogen and oxygen atoms in total. The number of guanidine groups is 1. The Hall–Kier alpha value is -1.37. The molecule has 0 aliphatic carbocycles. The lowest BCUT2D eigenvalue weighted by molar-refractivity contribution is 0.465. The number of nitrogens with zero attached hydrogens (tertiary/aromatic N) is 3. The lowest BCUT2D eigenvalue weighted by Gasteiger charge is -2.21. The van der Waals surface area contributed by atoms with E-state index in [-0.39, 0.29) is 24.0 Å². The van der Waals surface area contributed by atoms with Gasteiger partial charge in [-0.15, -0.1) is 24.0 Å². The molecule has 126 valence electrons. The Bertz CT molecular complexity index is 622. The largest absolute Gasteiger partial charge is 0.356 e. The van der Waals surface area contributed by atoms with Crippen LogP contribution in [-0.2, 0) is 6.42 Å². The maximum atomic E-state index is 4.51. The van der Waals surface area contributed by atoms with Gasteiger partial charge in [-0.25, -0.2) is 0 Å². The van der Waals surface area contributed by atoms with Gasteiger partial charge in [-0.2, -0.15) is 0 Å². The molecular formula is C18H27IN4. The highest BCUT2D eigenvalue weighted by Gasteiger charge is 2.06. The molecule has 0 fully saturated rings. The molecule has 0 unspecified atom stereocenters. The molecule has 0 bridgehead atoms. The topological polar surface area (TPSA) is 40.5 Å². The third kappa shape index (κ3) is 5.64. The molecule has 0 saturated carbocycles. The van der Waals surface area contributed by atoms with E-state index in [4.69, 9.17) is 0 Å². The lowest BCUT2D eigenvalue weighted by Crippen LogP contribution is -2.40. The van der Waals surface area contributed by atoms with Crippen LogP contribution in [0.5, 0.6) is 0 Å². The van der Waals surface area contributed by atoms with Crippen LogP contribution in [0.15, 0.2) is 41.5 Å². The molecule has 0 amide bonds. The molecule has 0 spiro atoms. The molecule has 23 heavy (non-hydrogen) atoms. The molecule has 0 saturated heterocycles. The molecule has 0 aliphatic rings. The molecular weight excluding hydrogens is 399 g/mol. The van der Waals surface area contributed by atoms with Crippen LogP contribution in [-0.4, -0.2) is 43.0 Å². The number of aliphatic imine (C=N–C) groups is 1. The third-order valence-electron chi connectivity index (χ3n) is 3.81. The van der Waals surface area contributed by atoms with Crippen molar-refractivity contribution in [2.24, 2.45) is 4.99 Å². The molecule has 1 N–H and O–H groups in total. The molecule has 1 aromatic heterocycles. The van der Waals surface area contributed by atoms with E-state index in [1.807, 2.05) is 19.3 Å². The van der Waals surface area contributed by atoms with Crippen LogP contribution in [0, 0.1) is 0 Å². The van der Waals surface area contributed by atoms with Crippen LogP contribution in [0.1, 0.15) is 25.3 Å². The number of rotatable bonds is 6. The van der Waals surface area contributed by atoms with Gasteiger partial charge in [0.25, 0.3) is 0 Å². The third-order valence-corrected chi connectivity index (χ3v) is 3.81. The number of benzene rings is 1. The highest BCUT2D eigenvalue weighted by atomic mass is 127. The number of pyridine rings is 1. The quantitative estimate of drug-likeness (QED) is 0.435. The van der Waals surface area contributed by atoms with Gasteiger partial charge in [0.1, 0.15) is 0 Å². The van der Waals surface area contributed by atoms with Crippen LogP contribution in [0.4, 0.5) is 0 Å². The second-order valence-corrected chi connectivity index (χ2v) is 5.49. The summed E-state index contributed by atoms with van der Waals surface area (Å²) in [5.41, 5.74) is 2.37. The molecule has 5 heteroatoms. The number of aromatic nitrogens is 1. The Kier molecular flexibility index (Phi) is 8.91. The number of unbranched alkanes of at least 4 members (excludes halogenated alkanes) is 1. The monoisotopic (exact) mass is 426 g/mol. The number of hydrogen-bond donors (Lipinski definition) is 1. The Labute approximate surface area is 156 Å². The van der Waals surface area contributed by atoms with Gasteiger partial charge in [-0.1, -0.05) is 37.6 Å². The second kappa shape index (κ2) is 10.4. The van der Waals surface area contributed by atoms with Crippen LogP contribution in [0.3, 0.4) is 0 Å². The first-order valence-corrected chi connectivity index (χ1v) is 8.00. The zero-order valence-corrected chi connectivity index (χ0v) is 16.6. The smallest absolute Gasteiger partial charge is 0.193 e. The molecule has 2 rings (SSSR count). The Balaban J connectivity index is 0.00000264. The predicted molar refractivity (Wildman–Crippen MR) is 110 cm³/mol. The Morgan fingerprint density at radius 1 is 1.26 bits per heavy atom. The lowest BCUT2D eigenvalue weighted by atomic mass is 10.1. The maximum Gasteiger partial charge on any atom is 0.193 e. The van der Waals surface area contributed by atoms with Gasteiger partial charge in [0.15, 0.2) is 5.96 Å². The molecule has 0 aliphatic heterocycles. The fourth-order valence-electron chi connectivity index (χ4n) is 2.56. The van der Waals surface area contributed by atoms with E-state index in [2.05, 4.69) is 58.4 Å². The van der Waals surface area contributed by atoms with Crippen molar-refractivity contribution in [3.63, 3.8) is 0 Å². The summed E-state index contributed by atoms with van der Waals surface area (Å²) < 4.78 is 0. The summed E-state index contributed by atoms with van der Waals surface area (Å²) in [6.45, 7) is 4.10. The van der Waals surface area contributed by atoms with E-state index < -0.39 is 0 Å². The van der Waals surface area contributed by atoms with Crippen molar-refractivity contribution >= 4 is 40.8 Å². The van der Waals surface area contributed by atoms with Gasteiger partial charge in [-0.3, -0.25) is 9.98 Å². The summed E-state index contributed by atoms with van der Waals surface area (Å²) >= 11 is 0. The van der Waals surface area contributed by atoms with Gasteiger partial charge in [-0.05, 0) is 24.5 Å². The van der Waals surface area contributed by atoms with Crippen molar-refractivity contribution in [3.8, 4) is 0 Å². The highest BCUT2D eigenvalue weighted by molar-refractivity contribution is 14.0. The van der Waals surface area contributed by atoms with Crippen molar-refractivity contribution in [2.45, 2.75) is 26.2 Å². The van der Waals surface area contributed by atoms with Crippen molar-refractivity contribution in [2.75, 3.05) is 27.2 Å². The maximum absolute atomic E-state index is 4.51. The molecule has 0 radical (unpaired) electrons. The number of fused-ring (bicyclic) bond motifs is 1. The normalized spacial score (nSPS) is 11.2. The Morgan fingerprint density at radius 3 is 2.78 bits per heavy atom. The van der Waals surface area contributed by atoms with Crippen LogP contribution < -0.4 is 5.32 Å². The fraction of sp³-hybridized carbons (Fsp3) is 0.444. The minimum atomic E-state index is 0. The average molecular weight is 426 g/mol. The van der Waals surface area contributed by atoms with E-state index >= 15 is 0 Å². The summed E-state index contributed by atoms with van der Waals surface area (Å²) in [6.07, 6.45) is 5.18. The predicted octanol–water partition coefficient (Wildman–Crippen LogP) is 3.70. The van der Waals surface area contributed by atoms with Crippen LogP contribution in [0.2, 0.25) is 0 Å². The minimum absolute atomic E-state index is 0. The standard InChI is InChI=1S/C18H26N4.HI/c1-4-5-14-22(3)18(19-2)21-13-11-16-9-6-8-15-10-7-12-20-17(15)16;/h6-10,12H,4-5,11,13-14H2,1-3H3,(H,19,21);1H. The van der Waals surface area contributed by atoms with Gasteiger partial charge < -0.3 is 10.2 Å². The summed E-state index contributed by atoms with van der Waals surface area (Å²) in [5.74, 6) is 0.960. The first-order valence-electron chi connectivity index (χ1n) is 8.00. The molecule has 1 aromatic carbocycles. The summed E-state index contributed by atoms with van der Waals surface area (Å²) in [4.78, 5) is 11.0. The van der Waals surface area contributed by atoms with Crippen molar-refractivity contribution in [1.82, 2.24) is 15.2 Å². The summed E-state index contributed by atoms with van der Waals surface area (Å²) in [7, 11) is 3.93. The SMILES string of the molecule is CCCCN(C)C(=NC)NCCc1cccc2cccnc12.I. The van der Waals surface area contributed by atoms with Gasteiger partial charge in [0.05, 0.1) is 5.52 Å². The Morgan fingerprint density at radius 2 is 2.04 bits per heavy atom. The van der Waals surface area contributed by atoms with Gasteiger partial charge in [0.2, 0.25) is 0 Å². The van der Waals surface area contributed by atoms with Crippen LogP contribution in [0.25, 0.3) is 10.9 Å². The van der Waals surface area contributed by atoms with Gasteiger partial charge in [0, 0.05) is 38.8 Å². The van der Waals surface area contributed by atoms with E-state index in [0.29, 0.717) is 0 Å². The first kappa shape index (κ1) is 19.7. The number of nitrogens with one attached hydrogen (secondary N) is 1. The summed E-state index contributed by atoms with van der Waals surface area (Å²) in [6, 6.07) is 10.4. The van der Waals surface area contributed by atoms with E-state index in [9.17, 15) is 0 Å². The van der Waals surface area contributed by atoms with E-state index in [1.165, 1.54) is 23.8 Å². The zero-order valence-electron chi connectivity index (χ0n) is 14.2. The highest BCUT2D eigenvalue weighted by Crippen LogP contribution is 2.15. The molecule has 1 heterocycles. The zero-order chi connectivity index (χ0) is 15.8. The van der Waals surface area contributed by atoms with Crippen molar-refractivity contribution in [1.29, 1.82) is 0 Å². The molecule has 0 atom stereocenters. The first-order chi connectivity index (χ1) is 10.8. The number of hydrogen-bond acceptors (Lipinski definition) is 2. The van der Waals surface area contributed by atoms with Crippen molar-refractivity contribution < 1.29 is 0 Å². The fourth-order valence-corrected chi connectivity index (χ4v) is 2.56. The molecule has 2 aromatic rings. The van der Waals surface area contributed by atoms with E-state index in [0.717, 1.165) is 31.0 Å².